The Morgan fingerprint density at radius 3 is 3.06 bits per heavy atom. The Hall–Kier alpha value is -1.55. The molecule has 1 aliphatic heterocycles. The summed E-state index contributed by atoms with van der Waals surface area (Å²) in [6.07, 6.45) is 4.99. The van der Waals surface area contributed by atoms with Gasteiger partial charge in [-0.05, 0) is 27.0 Å². The molecule has 2 aromatic heterocycles. The van der Waals surface area contributed by atoms with Crippen molar-refractivity contribution in [2.24, 2.45) is 0 Å². The van der Waals surface area contributed by atoms with Crippen LogP contribution < -0.4 is 10.1 Å². The van der Waals surface area contributed by atoms with Crippen molar-refractivity contribution in [3.63, 3.8) is 0 Å². The van der Waals surface area contributed by atoms with Gasteiger partial charge in [0.1, 0.15) is 17.1 Å². The number of aromatic nitrogens is 2. The van der Waals surface area contributed by atoms with Crippen LogP contribution in [0.4, 0.5) is 0 Å². The number of rotatable bonds is 2. The minimum absolute atomic E-state index is 0.154. The van der Waals surface area contributed by atoms with Crippen molar-refractivity contribution >= 4 is 5.52 Å². The van der Waals surface area contributed by atoms with Gasteiger partial charge in [-0.25, -0.2) is 4.98 Å². The average molecular weight is 231 g/mol. The maximum absolute atomic E-state index is 5.69. The van der Waals surface area contributed by atoms with Gasteiger partial charge in [0.05, 0.1) is 18.3 Å². The van der Waals surface area contributed by atoms with Gasteiger partial charge in [0, 0.05) is 18.2 Å². The average Bonchev–Trinajstić information content (AvgIpc) is 2.94. The smallest absolute Gasteiger partial charge is 0.148 e. The molecule has 1 aliphatic rings. The molecule has 0 aliphatic carbocycles. The summed E-state index contributed by atoms with van der Waals surface area (Å²) in [5.41, 5.74) is 2.20. The van der Waals surface area contributed by atoms with Gasteiger partial charge < -0.3 is 10.1 Å². The summed E-state index contributed by atoms with van der Waals surface area (Å²) >= 11 is 0. The SMILES string of the molecule is CNC(C)(C)c1ncc2c3c(ccn12)CCO3. The Morgan fingerprint density at radius 2 is 2.29 bits per heavy atom. The highest BCUT2D eigenvalue weighted by Crippen LogP contribution is 2.32. The molecular weight excluding hydrogens is 214 g/mol. The number of nitrogens with one attached hydrogen (secondary N) is 1. The van der Waals surface area contributed by atoms with Crippen LogP contribution in [-0.4, -0.2) is 23.0 Å². The Morgan fingerprint density at radius 1 is 1.47 bits per heavy atom. The zero-order valence-electron chi connectivity index (χ0n) is 10.4. The third kappa shape index (κ3) is 1.44. The second kappa shape index (κ2) is 3.47. The highest BCUT2D eigenvalue weighted by atomic mass is 16.5. The highest BCUT2D eigenvalue weighted by Gasteiger charge is 2.25. The lowest BCUT2D eigenvalue weighted by molar-refractivity contribution is 0.359. The molecule has 4 nitrogen and oxygen atoms in total. The maximum Gasteiger partial charge on any atom is 0.148 e. The van der Waals surface area contributed by atoms with Gasteiger partial charge in [-0.3, -0.25) is 4.40 Å². The lowest BCUT2D eigenvalue weighted by Crippen LogP contribution is -2.35. The van der Waals surface area contributed by atoms with E-state index in [0.717, 1.165) is 30.1 Å². The summed E-state index contributed by atoms with van der Waals surface area (Å²) in [5, 5.41) is 3.28. The number of hydrogen-bond acceptors (Lipinski definition) is 3. The van der Waals surface area contributed by atoms with Crippen molar-refractivity contribution in [3.8, 4) is 5.75 Å². The molecule has 90 valence electrons. The second-order valence-corrected chi connectivity index (χ2v) is 4.98. The third-order valence-electron chi connectivity index (χ3n) is 3.55. The minimum Gasteiger partial charge on any atom is -0.491 e. The summed E-state index contributed by atoms with van der Waals surface area (Å²) in [4.78, 5) is 4.54. The fourth-order valence-corrected chi connectivity index (χ4v) is 2.29. The number of ether oxygens (including phenoxy) is 1. The molecule has 1 N–H and O–H groups in total. The molecule has 3 rings (SSSR count). The van der Waals surface area contributed by atoms with Gasteiger partial charge in [-0.15, -0.1) is 0 Å². The van der Waals surface area contributed by atoms with E-state index in [1.165, 1.54) is 5.56 Å². The minimum atomic E-state index is -0.154. The molecule has 0 amide bonds. The summed E-state index contributed by atoms with van der Waals surface area (Å²) in [7, 11) is 1.95. The van der Waals surface area contributed by atoms with Crippen LogP contribution >= 0.6 is 0 Å². The lowest BCUT2D eigenvalue weighted by Gasteiger charge is -2.22. The van der Waals surface area contributed by atoms with E-state index in [1.54, 1.807) is 0 Å². The predicted octanol–water partition coefficient (Wildman–Crippen LogP) is 1.72. The molecular formula is C13H17N3O. The normalized spacial score (nSPS) is 15.0. The largest absolute Gasteiger partial charge is 0.491 e. The van der Waals surface area contributed by atoms with E-state index in [2.05, 4.69) is 40.8 Å². The number of hydrogen-bond donors (Lipinski definition) is 1. The van der Waals surface area contributed by atoms with Crippen LogP contribution in [-0.2, 0) is 12.0 Å². The first kappa shape index (κ1) is 10.6. The van der Waals surface area contributed by atoms with Crippen molar-refractivity contribution in [1.82, 2.24) is 14.7 Å². The Kier molecular flexibility index (Phi) is 2.16. The van der Waals surface area contributed by atoms with Gasteiger partial charge in [-0.1, -0.05) is 0 Å². The van der Waals surface area contributed by atoms with Crippen molar-refractivity contribution < 1.29 is 4.74 Å². The van der Waals surface area contributed by atoms with Crippen LogP contribution in [0.1, 0.15) is 25.2 Å². The van der Waals surface area contributed by atoms with E-state index in [4.69, 9.17) is 4.74 Å². The van der Waals surface area contributed by atoms with Crippen molar-refractivity contribution in [2.45, 2.75) is 25.8 Å². The van der Waals surface area contributed by atoms with Crippen LogP contribution in [0.3, 0.4) is 0 Å². The Balaban J connectivity index is 2.25. The van der Waals surface area contributed by atoms with Gasteiger partial charge in [0.25, 0.3) is 0 Å². The molecule has 0 spiro atoms. The highest BCUT2D eigenvalue weighted by molar-refractivity contribution is 5.64. The summed E-state index contributed by atoms with van der Waals surface area (Å²) in [6.45, 7) is 5.02. The van der Waals surface area contributed by atoms with Crippen LogP contribution in [0, 0.1) is 0 Å². The van der Waals surface area contributed by atoms with E-state index < -0.39 is 0 Å². The van der Waals surface area contributed by atoms with Crippen molar-refractivity contribution in [3.05, 3.63) is 29.8 Å². The summed E-state index contributed by atoms with van der Waals surface area (Å²) < 4.78 is 7.80. The second-order valence-electron chi connectivity index (χ2n) is 4.98. The zero-order chi connectivity index (χ0) is 12.0. The van der Waals surface area contributed by atoms with Crippen molar-refractivity contribution in [1.29, 1.82) is 0 Å². The molecule has 4 heteroatoms. The van der Waals surface area contributed by atoms with Gasteiger partial charge in [0.15, 0.2) is 0 Å². The first-order chi connectivity index (χ1) is 8.13. The van der Waals surface area contributed by atoms with Crippen molar-refractivity contribution in [2.75, 3.05) is 13.7 Å². The van der Waals surface area contributed by atoms with Crippen LogP contribution in [0.5, 0.6) is 5.75 Å². The maximum atomic E-state index is 5.69. The van der Waals surface area contributed by atoms with E-state index in [9.17, 15) is 0 Å². The lowest BCUT2D eigenvalue weighted by atomic mass is 10.1. The fourth-order valence-electron chi connectivity index (χ4n) is 2.29. The van der Waals surface area contributed by atoms with E-state index in [1.807, 2.05) is 13.2 Å². The predicted molar refractivity (Wildman–Crippen MR) is 66.5 cm³/mol. The number of nitrogens with zero attached hydrogens (tertiary/aromatic N) is 2. The Labute approximate surface area is 101 Å². The number of fused-ring (bicyclic) bond motifs is 3. The fraction of sp³-hybridized carbons (Fsp3) is 0.462. The monoisotopic (exact) mass is 231 g/mol. The molecule has 0 saturated carbocycles. The molecule has 0 radical (unpaired) electrons. The zero-order valence-corrected chi connectivity index (χ0v) is 10.4. The summed E-state index contributed by atoms with van der Waals surface area (Å²) in [5.74, 6) is 2.01. The molecule has 0 unspecified atom stereocenters. The quantitative estimate of drug-likeness (QED) is 0.855. The Bertz CT molecular complexity index is 571. The van der Waals surface area contributed by atoms with Gasteiger partial charge >= 0.3 is 0 Å². The third-order valence-corrected chi connectivity index (χ3v) is 3.55. The molecule has 0 bridgehead atoms. The molecule has 0 aromatic carbocycles. The van der Waals surface area contributed by atoms with Gasteiger partial charge in [0.2, 0.25) is 0 Å². The number of pyridine rings is 1. The first-order valence-electron chi connectivity index (χ1n) is 5.94. The van der Waals surface area contributed by atoms with Crippen LogP contribution in [0.2, 0.25) is 0 Å². The van der Waals surface area contributed by atoms with E-state index in [-0.39, 0.29) is 5.54 Å². The molecule has 0 fully saturated rings. The molecule has 0 atom stereocenters. The standard InChI is InChI=1S/C13H17N3O/c1-13(2,14-3)12-15-8-10-11-9(5-7-17-11)4-6-16(10)12/h4,6,8,14H,5,7H2,1-3H3. The number of imidazole rings is 1. The molecule has 17 heavy (non-hydrogen) atoms. The molecule has 2 aromatic rings. The van der Waals surface area contributed by atoms with E-state index in [0.29, 0.717) is 0 Å². The molecule has 0 saturated heterocycles. The molecule has 3 heterocycles. The van der Waals surface area contributed by atoms with Gasteiger partial charge in [-0.2, -0.15) is 0 Å². The topological polar surface area (TPSA) is 38.6 Å². The first-order valence-corrected chi connectivity index (χ1v) is 5.94. The van der Waals surface area contributed by atoms with Crippen LogP contribution in [0.15, 0.2) is 18.5 Å². The summed E-state index contributed by atoms with van der Waals surface area (Å²) in [6, 6.07) is 2.13. The van der Waals surface area contributed by atoms with Crippen LogP contribution in [0.25, 0.3) is 5.52 Å². The van der Waals surface area contributed by atoms with E-state index >= 15 is 0 Å².